The molecule has 60 valence electrons. The van der Waals surface area contributed by atoms with Gasteiger partial charge in [-0.25, -0.2) is 0 Å². The predicted molar refractivity (Wildman–Crippen MR) is 53.2 cm³/mol. The van der Waals surface area contributed by atoms with Crippen LogP contribution in [0.15, 0.2) is 0 Å². The summed E-state index contributed by atoms with van der Waals surface area (Å²) < 4.78 is 3.37. The van der Waals surface area contributed by atoms with Crippen LogP contribution in [0.2, 0.25) is 0 Å². The van der Waals surface area contributed by atoms with Crippen molar-refractivity contribution in [1.29, 1.82) is 0 Å². The zero-order chi connectivity index (χ0) is 7.40. The monoisotopic (exact) mass is 253 g/mol. The van der Waals surface area contributed by atoms with Crippen LogP contribution >= 0.6 is 22.9 Å². The summed E-state index contributed by atoms with van der Waals surface area (Å²) in [5, 5.41) is 0. The molecule has 1 nitrogen and oxygen atoms in total. The smallest absolute Gasteiger partial charge is 0.0191 e. The van der Waals surface area contributed by atoms with E-state index in [-0.39, 0.29) is 0 Å². The molecule has 2 unspecified atom stereocenters. The largest absolute Gasteiger partial charge is 0.258 e. The molecule has 1 N–H and O–H groups in total. The molecule has 1 aliphatic rings. The highest BCUT2D eigenvalue weighted by Gasteiger charge is 2.21. The number of nitrogens with one attached hydrogen (secondary N) is 1. The van der Waals surface area contributed by atoms with Crippen molar-refractivity contribution in [2.75, 3.05) is 0 Å². The summed E-state index contributed by atoms with van der Waals surface area (Å²) >= 11 is 2.30. The maximum atomic E-state index is 3.37. The van der Waals surface area contributed by atoms with Crippen molar-refractivity contribution in [3.63, 3.8) is 0 Å². The molecule has 1 rings (SSSR count). The van der Waals surface area contributed by atoms with Gasteiger partial charge in [-0.1, -0.05) is 26.2 Å². The van der Waals surface area contributed by atoms with Gasteiger partial charge < -0.3 is 0 Å². The molecule has 0 amide bonds. The molecule has 1 aliphatic carbocycles. The highest BCUT2D eigenvalue weighted by Crippen LogP contribution is 2.27. The van der Waals surface area contributed by atoms with Crippen LogP contribution in [0.25, 0.3) is 0 Å². The van der Waals surface area contributed by atoms with Gasteiger partial charge in [-0.3, -0.25) is 3.53 Å². The van der Waals surface area contributed by atoms with Gasteiger partial charge in [0.1, 0.15) is 0 Å². The van der Waals surface area contributed by atoms with E-state index < -0.39 is 0 Å². The van der Waals surface area contributed by atoms with Crippen molar-refractivity contribution >= 4 is 22.9 Å². The zero-order valence-corrected chi connectivity index (χ0v) is 8.73. The first kappa shape index (κ1) is 8.78. The highest BCUT2D eigenvalue weighted by atomic mass is 127. The molecule has 0 aromatic rings. The molecule has 10 heavy (non-hydrogen) atoms. The second kappa shape index (κ2) is 4.54. The fourth-order valence-corrected chi connectivity index (χ4v) is 2.66. The average molecular weight is 253 g/mol. The predicted octanol–water partition coefficient (Wildman–Crippen LogP) is 2.89. The van der Waals surface area contributed by atoms with Crippen LogP contribution in [0.5, 0.6) is 0 Å². The SMILES string of the molecule is CCC1CCCCC1NI. The molecular formula is C8H16IN. The summed E-state index contributed by atoms with van der Waals surface area (Å²) in [6.45, 7) is 2.30. The first-order valence-corrected chi connectivity index (χ1v) is 5.32. The summed E-state index contributed by atoms with van der Waals surface area (Å²) in [5.41, 5.74) is 0. The van der Waals surface area contributed by atoms with Crippen LogP contribution in [0.3, 0.4) is 0 Å². The van der Waals surface area contributed by atoms with E-state index >= 15 is 0 Å². The Balaban J connectivity index is 2.34. The minimum absolute atomic E-state index is 0.805. The average Bonchev–Trinajstić information content (AvgIpc) is 2.04. The maximum absolute atomic E-state index is 3.37. The Hall–Kier alpha value is 0.690. The summed E-state index contributed by atoms with van der Waals surface area (Å²) in [5.74, 6) is 0.950. The van der Waals surface area contributed by atoms with Crippen LogP contribution < -0.4 is 3.53 Å². The van der Waals surface area contributed by atoms with Crippen molar-refractivity contribution in [3.05, 3.63) is 0 Å². The first-order chi connectivity index (χ1) is 4.88. The normalized spacial score (nSPS) is 34.2. The van der Waals surface area contributed by atoms with Crippen molar-refractivity contribution in [3.8, 4) is 0 Å². The van der Waals surface area contributed by atoms with Gasteiger partial charge in [0.25, 0.3) is 0 Å². The van der Waals surface area contributed by atoms with E-state index in [4.69, 9.17) is 0 Å². The van der Waals surface area contributed by atoms with Crippen molar-refractivity contribution in [2.45, 2.75) is 45.1 Å². The Morgan fingerprint density at radius 2 is 2.10 bits per heavy atom. The van der Waals surface area contributed by atoms with Crippen molar-refractivity contribution < 1.29 is 0 Å². The second-order valence-corrected chi connectivity index (χ2v) is 3.79. The Morgan fingerprint density at radius 3 is 2.60 bits per heavy atom. The van der Waals surface area contributed by atoms with Crippen molar-refractivity contribution in [2.24, 2.45) is 5.92 Å². The summed E-state index contributed by atoms with van der Waals surface area (Å²) in [4.78, 5) is 0. The van der Waals surface area contributed by atoms with E-state index in [0.717, 1.165) is 12.0 Å². The van der Waals surface area contributed by atoms with E-state index in [1.54, 1.807) is 0 Å². The maximum Gasteiger partial charge on any atom is 0.0191 e. The number of halogens is 1. The minimum atomic E-state index is 0.805. The van der Waals surface area contributed by atoms with E-state index in [2.05, 4.69) is 33.3 Å². The molecule has 0 aromatic carbocycles. The fraction of sp³-hybridized carbons (Fsp3) is 1.00. The lowest BCUT2D eigenvalue weighted by Crippen LogP contribution is -2.32. The Morgan fingerprint density at radius 1 is 1.40 bits per heavy atom. The van der Waals surface area contributed by atoms with Gasteiger partial charge in [0.2, 0.25) is 0 Å². The van der Waals surface area contributed by atoms with Crippen LogP contribution in [-0.2, 0) is 0 Å². The molecule has 2 atom stereocenters. The molecule has 0 aliphatic heterocycles. The second-order valence-electron chi connectivity index (χ2n) is 3.17. The number of hydrogen-bond donors (Lipinski definition) is 1. The molecular weight excluding hydrogens is 237 g/mol. The highest BCUT2D eigenvalue weighted by molar-refractivity contribution is 14.1. The molecule has 0 radical (unpaired) electrons. The van der Waals surface area contributed by atoms with E-state index in [1.807, 2.05) is 0 Å². The van der Waals surface area contributed by atoms with Gasteiger partial charge in [0, 0.05) is 28.9 Å². The zero-order valence-electron chi connectivity index (χ0n) is 6.57. The fourth-order valence-electron chi connectivity index (χ4n) is 1.84. The lowest BCUT2D eigenvalue weighted by molar-refractivity contribution is 0.292. The lowest BCUT2D eigenvalue weighted by atomic mass is 9.83. The van der Waals surface area contributed by atoms with Crippen molar-refractivity contribution in [1.82, 2.24) is 3.53 Å². The summed E-state index contributed by atoms with van der Waals surface area (Å²) in [6, 6.07) is 0.805. The summed E-state index contributed by atoms with van der Waals surface area (Å²) in [7, 11) is 0. The van der Waals surface area contributed by atoms with Gasteiger partial charge >= 0.3 is 0 Å². The van der Waals surface area contributed by atoms with Gasteiger partial charge in [0.05, 0.1) is 0 Å². The van der Waals surface area contributed by atoms with E-state index in [0.29, 0.717) is 0 Å². The van der Waals surface area contributed by atoms with Crippen LogP contribution in [0, 0.1) is 5.92 Å². The van der Waals surface area contributed by atoms with Crippen LogP contribution in [0.4, 0.5) is 0 Å². The Labute approximate surface area is 77.5 Å². The number of rotatable bonds is 2. The molecule has 2 heteroatoms. The molecule has 1 fully saturated rings. The van der Waals surface area contributed by atoms with Crippen LogP contribution in [0.1, 0.15) is 39.0 Å². The standard InChI is InChI=1S/C8H16IN/c1-2-7-5-3-4-6-8(7)10-9/h7-8,10H,2-6H2,1H3. The molecule has 1 saturated carbocycles. The Bertz CT molecular complexity index is 83.3. The summed E-state index contributed by atoms with van der Waals surface area (Å²) in [6.07, 6.45) is 7.06. The third-order valence-corrected chi connectivity index (χ3v) is 3.37. The van der Waals surface area contributed by atoms with Gasteiger partial charge in [-0.15, -0.1) is 0 Å². The van der Waals surface area contributed by atoms with Gasteiger partial charge in [-0.2, -0.15) is 0 Å². The quantitative estimate of drug-likeness (QED) is 0.589. The third kappa shape index (κ3) is 2.09. The molecule has 0 bridgehead atoms. The van der Waals surface area contributed by atoms with Crippen LogP contribution in [-0.4, -0.2) is 6.04 Å². The molecule has 0 aromatic heterocycles. The third-order valence-electron chi connectivity index (χ3n) is 2.57. The van der Waals surface area contributed by atoms with Gasteiger partial charge in [-0.05, 0) is 18.8 Å². The first-order valence-electron chi connectivity index (χ1n) is 4.24. The topological polar surface area (TPSA) is 12.0 Å². The Kier molecular flexibility index (Phi) is 3.99. The van der Waals surface area contributed by atoms with E-state index in [9.17, 15) is 0 Å². The van der Waals surface area contributed by atoms with Gasteiger partial charge in [0.15, 0.2) is 0 Å². The lowest BCUT2D eigenvalue weighted by Gasteiger charge is -2.29. The number of hydrogen-bond acceptors (Lipinski definition) is 1. The van der Waals surface area contributed by atoms with E-state index in [1.165, 1.54) is 32.1 Å². The molecule has 0 saturated heterocycles. The molecule has 0 heterocycles. The minimum Gasteiger partial charge on any atom is -0.258 e. The molecule has 0 spiro atoms.